The van der Waals surface area contributed by atoms with E-state index in [0.717, 1.165) is 37.8 Å². The predicted octanol–water partition coefficient (Wildman–Crippen LogP) is 2.22. The van der Waals surface area contributed by atoms with Gasteiger partial charge in [0, 0.05) is 6.54 Å². The van der Waals surface area contributed by atoms with E-state index >= 15 is 0 Å². The molecule has 0 aliphatic carbocycles. The molecule has 0 unspecified atom stereocenters. The van der Waals surface area contributed by atoms with Crippen molar-refractivity contribution in [2.75, 3.05) is 33.0 Å². The lowest BCUT2D eigenvalue weighted by Gasteiger charge is -2.38. The minimum absolute atomic E-state index is 0.0646. The Morgan fingerprint density at radius 1 is 1.10 bits per heavy atom. The molecule has 1 spiro atoms. The quantitative estimate of drug-likeness (QED) is 0.916. The number of hydrogen-bond donors (Lipinski definition) is 1. The van der Waals surface area contributed by atoms with Crippen molar-refractivity contribution in [2.24, 2.45) is 11.3 Å². The second kappa shape index (κ2) is 5.62. The topological polar surface area (TPSA) is 39.7 Å². The van der Waals surface area contributed by atoms with Crippen molar-refractivity contribution in [3.05, 3.63) is 23.8 Å². The van der Waals surface area contributed by atoms with E-state index in [2.05, 4.69) is 31.3 Å². The van der Waals surface area contributed by atoms with Gasteiger partial charge in [-0.2, -0.15) is 0 Å². The molecule has 0 amide bonds. The molecule has 2 aliphatic rings. The summed E-state index contributed by atoms with van der Waals surface area (Å²) < 4.78 is 17.1. The Morgan fingerprint density at radius 2 is 1.85 bits per heavy atom. The van der Waals surface area contributed by atoms with Crippen LogP contribution in [0.5, 0.6) is 11.5 Å². The molecule has 110 valence electrons. The first kappa shape index (κ1) is 13.7. The van der Waals surface area contributed by atoms with Crippen molar-refractivity contribution in [1.82, 2.24) is 5.32 Å². The zero-order valence-electron chi connectivity index (χ0n) is 12.3. The van der Waals surface area contributed by atoms with E-state index in [1.165, 1.54) is 5.56 Å². The summed E-state index contributed by atoms with van der Waals surface area (Å²) in [6.45, 7) is 9.15. The molecule has 0 atom stereocenters. The van der Waals surface area contributed by atoms with E-state index in [1.807, 2.05) is 6.07 Å². The summed E-state index contributed by atoms with van der Waals surface area (Å²) >= 11 is 0. The summed E-state index contributed by atoms with van der Waals surface area (Å²) in [6.07, 6.45) is 0. The van der Waals surface area contributed by atoms with Crippen LogP contribution < -0.4 is 14.8 Å². The second-order valence-corrected chi connectivity index (χ2v) is 6.38. The van der Waals surface area contributed by atoms with Crippen LogP contribution in [0.2, 0.25) is 0 Å². The molecule has 1 aromatic carbocycles. The van der Waals surface area contributed by atoms with Gasteiger partial charge in [-0.25, -0.2) is 0 Å². The van der Waals surface area contributed by atoms with E-state index in [-0.39, 0.29) is 5.41 Å². The Labute approximate surface area is 120 Å². The monoisotopic (exact) mass is 277 g/mol. The van der Waals surface area contributed by atoms with Crippen LogP contribution in [0, 0.1) is 11.3 Å². The molecule has 1 N–H and O–H groups in total. The Balaban J connectivity index is 1.64. The molecular formula is C16H23NO3. The summed E-state index contributed by atoms with van der Waals surface area (Å²) in [5, 5.41) is 3.45. The van der Waals surface area contributed by atoms with Crippen LogP contribution in [0.25, 0.3) is 0 Å². The second-order valence-electron chi connectivity index (χ2n) is 6.38. The fraction of sp³-hybridized carbons (Fsp3) is 0.625. The normalized spacial score (nSPS) is 19.8. The number of benzene rings is 1. The molecule has 1 saturated heterocycles. The number of fused-ring (bicyclic) bond motifs is 1. The fourth-order valence-electron chi connectivity index (χ4n) is 2.46. The first-order chi connectivity index (χ1) is 9.67. The van der Waals surface area contributed by atoms with Gasteiger partial charge in [0.05, 0.1) is 18.6 Å². The Hall–Kier alpha value is -1.26. The number of ether oxygens (including phenoxy) is 3. The molecule has 1 fully saturated rings. The van der Waals surface area contributed by atoms with Gasteiger partial charge in [-0.05, 0) is 30.2 Å². The van der Waals surface area contributed by atoms with Crippen molar-refractivity contribution in [3.63, 3.8) is 0 Å². The van der Waals surface area contributed by atoms with Crippen molar-refractivity contribution in [1.29, 1.82) is 0 Å². The van der Waals surface area contributed by atoms with E-state index in [9.17, 15) is 0 Å². The molecule has 2 aliphatic heterocycles. The van der Waals surface area contributed by atoms with Crippen LogP contribution in [0.4, 0.5) is 0 Å². The Kier molecular flexibility index (Phi) is 3.85. The van der Waals surface area contributed by atoms with Crippen molar-refractivity contribution in [3.8, 4) is 11.5 Å². The zero-order valence-corrected chi connectivity index (χ0v) is 12.3. The molecule has 0 bridgehead atoms. The summed E-state index contributed by atoms with van der Waals surface area (Å²) in [4.78, 5) is 0. The summed E-state index contributed by atoms with van der Waals surface area (Å²) in [5.74, 6) is 2.37. The van der Waals surface area contributed by atoms with Crippen molar-refractivity contribution < 1.29 is 14.2 Å². The van der Waals surface area contributed by atoms with E-state index in [0.29, 0.717) is 19.1 Å². The predicted molar refractivity (Wildman–Crippen MR) is 77.2 cm³/mol. The van der Waals surface area contributed by atoms with Gasteiger partial charge >= 0.3 is 0 Å². The maximum atomic E-state index is 5.94. The van der Waals surface area contributed by atoms with Crippen LogP contribution in [0.1, 0.15) is 19.4 Å². The van der Waals surface area contributed by atoms with Gasteiger partial charge in [0.25, 0.3) is 0 Å². The highest BCUT2D eigenvalue weighted by atomic mass is 16.6. The SMILES string of the molecule is CC(C)CNCc1ccc2c(c1)OCC1(COC1)CO2. The molecule has 2 heterocycles. The Morgan fingerprint density at radius 3 is 2.50 bits per heavy atom. The molecular weight excluding hydrogens is 254 g/mol. The van der Waals surface area contributed by atoms with Crippen LogP contribution in [0.3, 0.4) is 0 Å². The van der Waals surface area contributed by atoms with Gasteiger partial charge in [0.1, 0.15) is 13.2 Å². The highest BCUT2D eigenvalue weighted by Crippen LogP contribution is 2.37. The minimum atomic E-state index is 0.0646. The summed E-state index contributed by atoms with van der Waals surface area (Å²) in [7, 11) is 0. The van der Waals surface area contributed by atoms with Crippen LogP contribution in [-0.2, 0) is 11.3 Å². The molecule has 20 heavy (non-hydrogen) atoms. The van der Waals surface area contributed by atoms with Gasteiger partial charge in [-0.3, -0.25) is 0 Å². The lowest BCUT2D eigenvalue weighted by Crippen LogP contribution is -2.50. The van der Waals surface area contributed by atoms with Gasteiger partial charge < -0.3 is 19.5 Å². The maximum Gasteiger partial charge on any atom is 0.161 e. The summed E-state index contributed by atoms with van der Waals surface area (Å²) in [6, 6.07) is 6.20. The smallest absolute Gasteiger partial charge is 0.161 e. The van der Waals surface area contributed by atoms with Crippen molar-refractivity contribution in [2.45, 2.75) is 20.4 Å². The third kappa shape index (κ3) is 2.91. The molecule has 4 heteroatoms. The maximum absolute atomic E-state index is 5.94. The molecule has 0 saturated carbocycles. The first-order valence-electron chi connectivity index (χ1n) is 7.34. The number of nitrogens with one attached hydrogen (secondary N) is 1. The van der Waals surface area contributed by atoms with Gasteiger partial charge in [-0.15, -0.1) is 0 Å². The van der Waals surface area contributed by atoms with E-state index in [4.69, 9.17) is 14.2 Å². The fourth-order valence-corrected chi connectivity index (χ4v) is 2.46. The average molecular weight is 277 g/mol. The molecule has 3 rings (SSSR count). The number of rotatable bonds is 4. The third-order valence-corrected chi connectivity index (χ3v) is 3.77. The van der Waals surface area contributed by atoms with Crippen molar-refractivity contribution >= 4 is 0 Å². The lowest BCUT2D eigenvalue weighted by molar-refractivity contribution is -0.143. The van der Waals surface area contributed by atoms with Gasteiger partial charge in [-0.1, -0.05) is 19.9 Å². The van der Waals surface area contributed by atoms with E-state index < -0.39 is 0 Å². The first-order valence-corrected chi connectivity index (χ1v) is 7.34. The van der Waals surface area contributed by atoms with Gasteiger partial charge in [0.2, 0.25) is 0 Å². The van der Waals surface area contributed by atoms with Crippen LogP contribution in [-0.4, -0.2) is 33.0 Å². The number of hydrogen-bond acceptors (Lipinski definition) is 4. The van der Waals surface area contributed by atoms with E-state index in [1.54, 1.807) is 0 Å². The summed E-state index contributed by atoms with van der Waals surface area (Å²) in [5.41, 5.74) is 1.29. The zero-order chi connectivity index (χ0) is 14.0. The van der Waals surface area contributed by atoms with Crippen LogP contribution >= 0.6 is 0 Å². The highest BCUT2D eigenvalue weighted by Gasteiger charge is 2.42. The molecule has 4 nitrogen and oxygen atoms in total. The largest absolute Gasteiger partial charge is 0.489 e. The molecule has 1 aromatic rings. The van der Waals surface area contributed by atoms with Gasteiger partial charge in [0.15, 0.2) is 11.5 Å². The third-order valence-electron chi connectivity index (χ3n) is 3.77. The molecule has 0 aromatic heterocycles. The highest BCUT2D eigenvalue weighted by molar-refractivity contribution is 5.43. The lowest BCUT2D eigenvalue weighted by atomic mass is 9.88. The Bertz CT molecular complexity index is 469. The molecule has 0 radical (unpaired) electrons. The average Bonchev–Trinajstić information content (AvgIpc) is 2.57. The standard InChI is InChI=1S/C16H23NO3/c1-12(2)6-17-7-13-3-4-14-15(5-13)20-11-16(10-19-14)8-18-9-16/h3-5,12,17H,6-11H2,1-2H3. The minimum Gasteiger partial charge on any atom is -0.489 e. The van der Waals surface area contributed by atoms with Crippen LogP contribution in [0.15, 0.2) is 18.2 Å².